The Labute approximate surface area is 118 Å². The smallest absolute Gasteiger partial charge is 0.339 e. The molecule has 1 atom stereocenters. The van der Waals surface area contributed by atoms with Gasteiger partial charge in [-0.25, -0.2) is 0 Å². The van der Waals surface area contributed by atoms with Gasteiger partial charge in [-0.3, -0.25) is 0 Å². The van der Waals surface area contributed by atoms with Crippen LogP contribution < -0.4 is 4.18 Å². The Kier molecular flexibility index (Phi) is 4.11. The average Bonchev–Trinajstić information content (AvgIpc) is 2.39. The van der Waals surface area contributed by atoms with Crippen molar-refractivity contribution in [3.63, 3.8) is 0 Å². The molecule has 106 valence electrons. The monoisotopic (exact) mass is 292 g/mol. The van der Waals surface area contributed by atoms with Crippen LogP contribution in [0.3, 0.4) is 0 Å². The maximum absolute atomic E-state index is 12.1. The molecule has 5 heteroatoms. The first kappa shape index (κ1) is 14.6. The minimum absolute atomic E-state index is 0.114. The van der Waals surface area contributed by atoms with Crippen molar-refractivity contribution in [1.29, 1.82) is 0 Å². The van der Waals surface area contributed by atoms with Gasteiger partial charge < -0.3 is 9.29 Å². The van der Waals surface area contributed by atoms with Crippen molar-refractivity contribution >= 4 is 10.1 Å². The topological polar surface area (TPSA) is 63.6 Å². The molecule has 1 N–H and O–H groups in total. The van der Waals surface area contributed by atoms with E-state index in [0.717, 1.165) is 5.56 Å². The summed E-state index contributed by atoms with van der Waals surface area (Å²) in [5.41, 5.74) is 1.68. The minimum Gasteiger partial charge on any atom is -0.389 e. The SMILES string of the molecule is Cc1ccc(S(=O)(=O)Oc2ccc(C(C)O)cc2)cc1. The lowest BCUT2D eigenvalue weighted by molar-refractivity contribution is 0.199. The van der Waals surface area contributed by atoms with Crippen LogP contribution in [0.2, 0.25) is 0 Å². The Hall–Kier alpha value is -1.85. The summed E-state index contributed by atoms with van der Waals surface area (Å²) >= 11 is 0. The zero-order valence-electron chi connectivity index (χ0n) is 11.3. The quantitative estimate of drug-likeness (QED) is 0.880. The zero-order valence-corrected chi connectivity index (χ0v) is 12.1. The number of aryl methyl sites for hydroxylation is 1. The Morgan fingerprint density at radius 1 is 1.00 bits per heavy atom. The van der Waals surface area contributed by atoms with Gasteiger partial charge in [-0.2, -0.15) is 8.42 Å². The molecule has 4 nitrogen and oxygen atoms in total. The number of hydrogen-bond donors (Lipinski definition) is 1. The summed E-state index contributed by atoms with van der Waals surface area (Å²) in [5.74, 6) is 0.218. The fourth-order valence-corrected chi connectivity index (χ4v) is 2.61. The molecule has 0 saturated carbocycles. The summed E-state index contributed by atoms with van der Waals surface area (Å²) in [5, 5.41) is 9.39. The molecule has 0 bridgehead atoms. The molecule has 0 spiro atoms. The second kappa shape index (κ2) is 5.64. The standard InChI is InChI=1S/C15H16O4S/c1-11-3-9-15(10-4-11)20(17,18)19-14-7-5-13(6-8-14)12(2)16/h3-10,12,16H,1-2H3. The van der Waals surface area contributed by atoms with Gasteiger partial charge in [0, 0.05) is 0 Å². The molecule has 0 saturated heterocycles. The molecule has 2 aromatic carbocycles. The second-order valence-electron chi connectivity index (χ2n) is 4.60. The van der Waals surface area contributed by atoms with E-state index in [1.54, 1.807) is 31.2 Å². The Morgan fingerprint density at radius 2 is 1.55 bits per heavy atom. The third-order valence-corrected chi connectivity index (χ3v) is 4.14. The fourth-order valence-electron chi connectivity index (χ4n) is 1.68. The summed E-state index contributed by atoms with van der Waals surface area (Å²) in [6, 6.07) is 12.8. The van der Waals surface area contributed by atoms with Gasteiger partial charge in [0.05, 0.1) is 6.10 Å². The average molecular weight is 292 g/mol. The van der Waals surface area contributed by atoms with Crippen molar-refractivity contribution in [3.05, 3.63) is 59.7 Å². The van der Waals surface area contributed by atoms with Gasteiger partial charge in [0.15, 0.2) is 0 Å². The Bertz CT molecular complexity index is 671. The molecule has 0 radical (unpaired) electrons. The van der Waals surface area contributed by atoms with E-state index in [4.69, 9.17) is 4.18 Å². The maximum atomic E-state index is 12.1. The predicted octanol–water partition coefficient (Wildman–Crippen LogP) is 2.82. The first-order valence-corrected chi connectivity index (χ1v) is 7.58. The van der Waals surface area contributed by atoms with Gasteiger partial charge in [-0.15, -0.1) is 0 Å². The highest BCUT2D eigenvalue weighted by molar-refractivity contribution is 7.87. The molecule has 0 heterocycles. The van der Waals surface area contributed by atoms with Crippen LogP contribution >= 0.6 is 0 Å². The third kappa shape index (κ3) is 3.37. The Balaban J connectivity index is 2.22. The summed E-state index contributed by atoms with van der Waals surface area (Å²) in [7, 11) is -3.83. The molecular formula is C15H16O4S. The predicted molar refractivity (Wildman–Crippen MR) is 76.1 cm³/mol. The molecule has 0 aliphatic heterocycles. The van der Waals surface area contributed by atoms with Crippen LogP contribution in [0.25, 0.3) is 0 Å². The highest BCUT2D eigenvalue weighted by atomic mass is 32.2. The van der Waals surface area contributed by atoms with E-state index in [9.17, 15) is 13.5 Å². The van der Waals surface area contributed by atoms with Gasteiger partial charge >= 0.3 is 10.1 Å². The molecule has 0 aromatic heterocycles. The molecule has 0 fully saturated rings. The maximum Gasteiger partial charge on any atom is 0.339 e. The van der Waals surface area contributed by atoms with E-state index in [1.807, 2.05) is 6.92 Å². The molecule has 20 heavy (non-hydrogen) atoms. The molecule has 2 aromatic rings. The third-order valence-electron chi connectivity index (χ3n) is 2.88. The zero-order chi connectivity index (χ0) is 14.8. The lowest BCUT2D eigenvalue weighted by Crippen LogP contribution is -2.09. The summed E-state index contributed by atoms with van der Waals surface area (Å²) in [6.45, 7) is 3.52. The van der Waals surface area contributed by atoms with E-state index < -0.39 is 16.2 Å². The van der Waals surface area contributed by atoms with Crippen molar-refractivity contribution in [1.82, 2.24) is 0 Å². The number of aliphatic hydroxyl groups excluding tert-OH is 1. The van der Waals surface area contributed by atoms with Crippen molar-refractivity contribution in [2.45, 2.75) is 24.8 Å². The molecule has 1 unspecified atom stereocenters. The van der Waals surface area contributed by atoms with E-state index >= 15 is 0 Å². The fraction of sp³-hybridized carbons (Fsp3) is 0.200. The van der Waals surface area contributed by atoms with E-state index in [0.29, 0.717) is 5.56 Å². The van der Waals surface area contributed by atoms with E-state index in [2.05, 4.69) is 0 Å². The number of rotatable bonds is 4. The van der Waals surface area contributed by atoms with Crippen LogP contribution in [0, 0.1) is 6.92 Å². The van der Waals surface area contributed by atoms with Gasteiger partial charge in [-0.05, 0) is 43.7 Å². The first-order valence-electron chi connectivity index (χ1n) is 6.18. The number of benzene rings is 2. The van der Waals surface area contributed by atoms with E-state index in [-0.39, 0.29) is 10.6 Å². The molecule has 0 aliphatic carbocycles. The highest BCUT2D eigenvalue weighted by Gasteiger charge is 2.16. The normalized spacial score (nSPS) is 12.9. The lowest BCUT2D eigenvalue weighted by atomic mass is 10.1. The van der Waals surface area contributed by atoms with Crippen LogP contribution in [-0.2, 0) is 10.1 Å². The van der Waals surface area contributed by atoms with Crippen LogP contribution in [0.1, 0.15) is 24.2 Å². The first-order chi connectivity index (χ1) is 9.38. The second-order valence-corrected chi connectivity index (χ2v) is 6.14. The van der Waals surface area contributed by atoms with Gasteiger partial charge in [0.2, 0.25) is 0 Å². The molecule has 0 amide bonds. The van der Waals surface area contributed by atoms with Crippen molar-refractivity contribution < 1.29 is 17.7 Å². The highest BCUT2D eigenvalue weighted by Crippen LogP contribution is 2.21. The molecular weight excluding hydrogens is 276 g/mol. The largest absolute Gasteiger partial charge is 0.389 e. The van der Waals surface area contributed by atoms with Crippen LogP contribution in [0.4, 0.5) is 0 Å². The van der Waals surface area contributed by atoms with Gasteiger partial charge in [0.1, 0.15) is 10.6 Å². The summed E-state index contributed by atoms with van der Waals surface area (Å²) < 4.78 is 29.2. The van der Waals surface area contributed by atoms with Gasteiger partial charge in [-0.1, -0.05) is 29.8 Å². The van der Waals surface area contributed by atoms with Crippen molar-refractivity contribution in [2.24, 2.45) is 0 Å². The van der Waals surface area contributed by atoms with Crippen LogP contribution in [0.5, 0.6) is 5.75 Å². The van der Waals surface area contributed by atoms with E-state index in [1.165, 1.54) is 24.3 Å². The lowest BCUT2D eigenvalue weighted by Gasteiger charge is -2.09. The van der Waals surface area contributed by atoms with Crippen LogP contribution in [-0.4, -0.2) is 13.5 Å². The summed E-state index contributed by atoms with van der Waals surface area (Å²) in [4.78, 5) is 0.114. The summed E-state index contributed by atoms with van der Waals surface area (Å²) in [6.07, 6.45) is -0.599. The van der Waals surface area contributed by atoms with Gasteiger partial charge in [0.25, 0.3) is 0 Å². The van der Waals surface area contributed by atoms with Crippen LogP contribution in [0.15, 0.2) is 53.4 Å². The number of aliphatic hydroxyl groups is 1. The van der Waals surface area contributed by atoms with Crippen molar-refractivity contribution in [2.75, 3.05) is 0 Å². The van der Waals surface area contributed by atoms with Crippen molar-refractivity contribution in [3.8, 4) is 5.75 Å². The molecule has 0 aliphatic rings. The Morgan fingerprint density at radius 3 is 2.05 bits per heavy atom. The number of hydrogen-bond acceptors (Lipinski definition) is 4. The molecule has 2 rings (SSSR count). The minimum atomic E-state index is -3.83.